The number of fused-ring (bicyclic) bond motifs is 3. The van der Waals surface area contributed by atoms with Gasteiger partial charge in [-0.05, 0) is 41.5 Å². The molecular formula is C48H30N6S. The zero-order valence-electron chi connectivity index (χ0n) is 29.4. The van der Waals surface area contributed by atoms with E-state index in [1.54, 1.807) is 11.3 Å². The van der Waals surface area contributed by atoms with Crippen molar-refractivity contribution in [2.45, 2.75) is 0 Å². The Bertz CT molecular complexity index is 2910. The van der Waals surface area contributed by atoms with E-state index in [-0.39, 0.29) is 0 Å². The van der Waals surface area contributed by atoms with Gasteiger partial charge >= 0.3 is 0 Å². The molecule has 0 unspecified atom stereocenters. The quantitative estimate of drug-likeness (QED) is 0.163. The SMILES string of the molecule is c1ccc(-c2cccc(-c3nc(-c4ccccc4)nc(-c4ccc5sc6cc(-c7nc(-c8ccccc8)nc(-c8ccccc8)n7)ccc6c5c4)n3)c2)cc1. The maximum absolute atomic E-state index is 5.08. The summed E-state index contributed by atoms with van der Waals surface area (Å²) in [6, 6.07) is 61.9. The molecule has 0 bridgehead atoms. The van der Waals surface area contributed by atoms with Gasteiger partial charge in [-0.1, -0.05) is 152 Å². The van der Waals surface area contributed by atoms with Gasteiger partial charge in [-0.2, -0.15) is 0 Å². The molecule has 0 saturated heterocycles. The van der Waals surface area contributed by atoms with Gasteiger partial charge in [0.05, 0.1) is 0 Å². The number of aromatic nitrogens is 6. The van der Waals surface area contributed by atoms with Crippen LogP contribution >= 0.6 is 11.3 Å². The van der Waals surface area contributed by atoms with Gasteiger partial charge in [0.25, 0.3) is 0 Å². The highest BCUT2D eigenvalue weighted by Crippen LogP contribution is 2.38. The van der Waals surface area contributed by atoms with Crippen molar-refractivity contribution in [2.24, 2.45) is 0 Å². The first-order valence-corrected chi connectivity index (χ1v) is 18.8. The predicted octanol–water partition coefficient (Wildman–Crippen LogP) is 12.1. The average molecular weight is 723 g/mol. The number of hydrogen-bond donors (Lipinski definition) is 0. The van der Waals surface area contributed by atoms with Crippen molar-refractivity contribution in [3.05, 3.63) is 182 Å². The molecule has 3 heterocycles. The highest BCUT2D eigenvalue weighted by atomic mass is 32.1. The van der Waals surface area contributed by atoms with Gasteiger partial charge in [0.1, 0.15) is 0 Å². The number of benzene rings is 7. The molecule has 0 atom stereocenters. The first-order valence-electron chi connectivity index (χ1n) is 18.0. The summed E-state index contributed by atoms with van der Waals surface area (Å²) in [5.74, 6) is 3.80. The monoisotopic (exact) mass is 722 g/mol. The first kappa shape index (κ1) is 32.4. The van der Waals surface area contributed by atoms with E-state index in [2.05, 4.69) is 84.9 Å². The van der Waals surface area contributed by atoms with Crippen LogP contribution < -0.4 is 0 Å². The number of rotatable bonds is 7. The summed E-state index contributed by atoms with van der Waals surface area (Å²) in [6.45, 7) is 0. The second-order valence-corrected chi connectivity index (χ2v) is 14.3. The standard InChI is InChI=1S/C48H30N6S/c1-5-14-31(15-6-1)35-22-13-23-36(28-35)46-50-45(34-20-11-4-12-21-34)51-47(54-46)37-25-27-41-40(29-37)39-26-24-38(30-42(39)55-41)48-52-43(32-16-7-2-8-17-32)49-44(53-48)33-18-9-3-10-19-33/h1-30H. The summed E-state index contributed by atoms with van der Waals surface area (Å²) in [5.41, 5.74) is 7.86. The largest absolute Gasteiger partial charge is 0.208 e. The molecule has 0 radical (unpaired) electrons. The summed E-state index contributed by atoms with van der Waals surface area (Å²) in [5, 5.41) is 2.29. The molecule has 0 aliphatic heterocycles. The molecule has 10 aromatic rings. The minimum Gasteiger partial charge on any atom is -0.208 e. The Labute approximate surface area is 321 Å². The van der Waals surface area contributed by atoms with Gasteiger partial charge in [0.2, 0.25) is 0 Å². The lowest BCUT2D eigenvalue weighted by atomic mass is 10.0. The van der Waals surface area contributed by atoms with Crippen LogP contribution in [-0.2, 0) is 0 Å². The number of hydrogen-bond acceptors (Lipinski definition) is 7. The molecule has 3 aromatic heterocycles. The topological polar surface area (TPSA) is 77.3 Å². The van der Waals surface area contributed by atoms with E-state index >= 15 is 0 Å². The fraction of sp³-hybridized carbons (Fsp3) is 0. The maximum Gasteiger partial charge on any atom is 0.164 e. The van der Waals surface area contributed by atoms with Crippen LogP contribution in [-0.4, -0.2) is 29.9 Å². The van der Waals surface area contributed by atoms with Gasteiger partial charge < -0.3 is 0 Å². The van der Waals surface area contributed by atoms with Crippen molar-refractivity contribution in [3.8, 4) is 79.5 Å². The summed E-state index contributed by atoms with van der Waals surface area (Å²) >= 11 is 1.75. The van der Waals surface area contributed by atoms with Crippen molar-refractivity contribution >= 4 is 31.5 Å². The van der Waals surface area contributed by atoms with Crippen molar-refractivity contribution in [3.63, 3.8) is 0 Å². The molecule has 6 nitrogen and oxygen atoms in total. The molecule has 0 aliphatic rings. The molecule has 0 fully saturated rings. The van der Waals surface area contributed by atoms with Gasteiger partial charge in [0, 0.05) is 53.6 Å². The van der Waals surface area contributed by atoms with E-state index in [4.69, 9.17) is 29.9 Å². The van der Waals surface area contributed by atoms with Gasteiger partial charge in [-0.25, -0.2) is 29.9 Å². The summed E-state index contributed by atoms with van der Waals surface area (Å²) in [7, 11) is 0. The summed E-state index contributed by atoms with van der Waals surface area (Å²) in [6.07, 6.45) is 0. The fourth-order valence-electron chi connectivity index (χ4n) is 6.81. The van der Waals surface area contributed by atoms with Crippen LogP contribution in [0.1, 0.15) is 0 Å². The minimum atomic E-state index is 0.624. The third-order valence-electron chi connectivity index (χ3n) is 9.58. The molecule has 7 aromatic carbocycles. The van der Waals surface area contributed by atoms with E-state index in [1.165, 1.54) is 4.70 Å². The van der Waals surface area contributed by atoms with Crippen LogP contribution in [0, 0.1) is 0 Å². The molecule has 7 heteroatoms. The van der Waals surface area contributed by atoms with Crippen molar-refractivity contribution in [1.82, 2.24) is 29.9 Å². The normalized spacial score (nSPS) is 11.3. The molecule has 0 saturated carbocycles. The van der Waals surface area contributed by atoms with Crippen LogP contribution in [0.3, 0.4) is 0 Å². The Morgan fingerprint density at radius 1 is 0.236 bits per heavy atom. The molecule has 0 amide bonds. The Hall–Kier alpha value is -7.22. The van der Waals surface area contributed by atoms with Crippen LogP contribution in [0.25, 0.3) is 99.6 Å². The molecular weight excluding hydrogens is 693 g/mol. The second kappa shape index (κ2) is 14.0. The lowest BCUT2D eigenvalue weighted by Crippen LogP contribution is -2.00. The first-order chi connectivity index (χ1) is 27.2. The second-order valence-electron chi connectivity index (χ2n) is 13.2. The Kier molecular flexibility index (Phi) is 8.24. The number of nitrogens with zero attached hydrogens (tertiary/aromatic N) is 6. The Morgan fingerprint density at radius 2 is 0.618 bits per heavy atom. The van der Waals surface area contributed by atoms with Gasteiger partial charge in [-0.15, -0.1) is 11.3 Å². The maximum atomic E-state index is 5.08. The van der Waals surface area contributed by atoms with E-state index in [0.29, 0.717) is 34.9 Å². The molecule has 258 valence electrons. The van der Waals surface area contributed by atoms with Crippen molar-refractivity contribution in [2.75, 3.05) is 0 Å². The highest BCUT2D eigenvalue weighted by Gasteiger charge is 2.17. The zero-order valence-corrected chi connectivity index (χ0v) is 30.2. The zero-order chi connectivity index (χ0) is 36.6. The third kappa shape index (κ3) is 6.43. The van der Waals surface area contributed by atoms with Gasteiger partial charge in [-0.3, -0.25) is 0 Å². The van der Waals surface area contributed by atoms with E-state index < -0.39 is 0 Å². The smallest absolute Gasteiger partial charge is 0.164 e. The lowest BCUT2D eigenvalue weighted by Gasteiger charge is -2.10. The van der Waals surface area contributed by atoms with Crippen LogP contribution in [0.15, 0.2) is 182 Å². The Balaban J connectivity index is 1.07. The van der Waals surface area contributed by atoms with Crippen molar-refractivity contribution in [1.29, 1.82) is 0 Å². The van der Waals surface area contributed by atoms with Crippen LogP contribution in [0.5, 0.6) is 0 Å². The molecule has 0 N–H and O–H groups in total. The van der Waals surface area contributed by atoms with E-state index in [1.807, 2.05) is 97.1 Å². The molecule has 0 spiro atoms. The van der Waals surface area contributed by atoms with Crippen LogP contribution in [0.4, 0.5) is 0 Å². The van der Waals surface area contributed by atoms with Gasteiger partial charge in [0.15, 0.2) is 34.9 Å². The summed E-state index contributed by atoms with van der Waals surface area (Å²) < 4.78 is 2.32. The van der Waals surface area contributed by atoms with E-state index in [0.717, 1.165) is 60.0 Å². The van der Waals surface area contributed by atoms with Crippen molar-refractivity contribution < 1.29 is 0 Å². The van der Waals surface area contributed by atoms with E-state index in [9.17, 15) is 0 Å². The predicted molar refractivity (Wildman–Crippen MR) is 224 cm³/mol. The average Bonchev–Trinajstić information content (AvgIpc) is 3.64. The number of thiophene rings is 1. The van der Waals surface area contributed by atoms with Crippen LogP contribution in [0.2, 0.25) is 0 Å². The Morgan fingerprint density at radius 3 is 1.13 bits per heavy atom. The third-order valence-corrected chi connectivity index (χ3v) is 10.7. The molecule has 0 aliphatic carbocycles. The summed E-state index contributed by atoms with van der Waals surface area (Å²) in [4.78, 5) is 29.9. The lowest BCUT2D eigenvalue weighted by molar-refractivity contribution is 1.07. The molecule has 55 heavy (non-hydrogen) atoms. The molecule has 10 rings (SSSR count). The highest BCUT2D eigenvalue weighted by molar-refractivity contribution is 7.25. The fourth-order valence-corrected chi connectivity index (χ4v) is 7.94. The minimum absolute atomic E-state index is 0.624.